The molecule has 0 aromatic rings. The molecule has 0 radical (unpaired) electrons. The molecule has 1 heterocycles. The van der Waals surface area contributed by atoms with Crippen LogP contribution in [0.3, 0.4) is 0 Å². The normalized spacial score (nSPS) is 24.4. The van der Waals surface area contributed by atoms with E-state index in [-0.39, 0.29) is 13.0 Å². The molecule has 9 nitrogen and oxygen atoms in total. The number of carboxylic acids is 2. The minimum absolute atomic E-state index is 0.145. The molecule has 1 aliphatic rings. The monoisotopic (exact) mass is 293 g/mol. The first-order valence-corrected chi connectivity index (χ1v) is 6.28. The highest BCUT2D eigenvalue weighted by Gasteiger charge is 2.27. The first kappa shape index (κ1) is 18.7. The number of rotatable bonds is 6. The third-order valence-electron chi connectivity index (χ3n) is 2.81. The Labute approximate surface area is 116 Å². The summed E-state index contributed by atoms with van der Waals surface area (Å²) >= 11 is 0. The highest BCUT2D eigenvalue weighted by molar-refractivity contribution is 5.74. The Morgan fingerprint density at radius 1 is 1.30 bits per heavy atom. The van der Waals surface area contributed by atoms with Gasteiger partial charge in [-0.1, -0.05) is 0 Å². The third-order valence-corrected chi connectivity index (χ3v) is 2.81. The molecule has 0 amide bonds. The first-order valence-electron chi connectivity index (χ1n) is 6.28. The van der Waals surface area contributed by atoms with Crippen molar-refractivity contribution in [3.8, 4) is 0 Å². The molecule has 9 N–H and O–H groups in total. The molecule has 9 heteroatoms. The second-order valence-corrected chi connectivity index (χ2v) is 4.60. The maximum atomic E-state index is 10.2. The summed E-state index contributed by atoms with van der Waals surface area (Å²) in [6, 6.07) is -1.43. The lowest BCUT2D eigenvalue weighted by Crippen LogP contribution is -2.32. The van der Waals surface area contributed by atoms with Crippen molar-refractivity contribution in [2.45, 2.75) is 43.6 Å². The predicted octanol–water partition coefficient (Wildman–Crippen LogP) is -2.71. The molecule has 1 saturated heterocycles. The van der Waals surface area contributed by atoms with Gasteiger partial charge in [-0.2, -0.15) is 0 Å². The summed E-state index contributed by atoms with van der Waals surface area (Å²) < 4.78 is 0. The van der Waals surface area contributed by atoms with Crippen LogP contribution in [0.25, 0.3) is 0 Å². The molecule has 1 rings (SSSR count). The van der Waals surface area contributed by atoms with Crippen molar-refractivity contribution in [1.82, 2.24) is 5.32 Å². The zero-order valence-corrected chi connectivity index (χ0v) is 11.1. The smallest absolute Gasteiger partial charge is 0.320 e. The van der Waals surface area contributed by atoms with Crippen LogP contribution in [-0.2, 0) is 9.59 Å². The average Bonchev–Trinajstić information content (AvgIpc) is 2.83. The van der Waals surface area contributed by atoms with Crippen LogP contribution in [0, 0.1) is 0 Å². The average molecular weight is 293 g/mol. The van der Waals surface area contributed by atoms with E-state index in [2.05, 4.69) is 5.32 Å². The molecular formula is C11H23N3O6. The van der Waals surface area contributed by atoms with E-state index in [1.807, 2.05) is 0 Å². The molecule has 4 atom stereocenters. The summed E-state index contributed by atoms with van der Waals surface area (Å²) in [6.45, 7) is 0.545. The lowest BCUT2D eigenvalue weighted by atomic mass is 10.1. The van der Waals surface area contributed by atoms with Gasteiger partial charge >= 0.3 is 11.9 Å². The molecule has 0 aliphatic carbocycles. The molecule has 0 aromatic heterocycles. The minimum Gasteiger partial charge on any atom is -0.480 e. The lowest BCUT2D eigenvalue weighted by molar-refractivity contribution is -0.140. The minimum atomic E-state index is -1.05. The van der Waals surface area contributed by atoms with Gasteiger partial charge in [0.25, 0.3) is 0 Å². The quantitative estimate of drug-likeness (QED) is 0.274. The van der Waals surface area contributed by atoms with E-state index in [9.17, 15) is 9.59 Å². The van der Waals surface area contributed by atoms with Crippen molar-refractivity contribution in [3.63, 3.8) is 0 Å². The van der Waals surface area contributed by atoms with E-state index in [4.69, 9.17) is 31.9 Å². The number of β-amino-alcohol motifs (C(OH)–C–C–N with tert-alkyl or cyclic N) is 1. The molecule has 20 heavy (non-hydrogen) atoms. The second-order valence-electron chi connectivity index (χ2n) is 4.60. The molecule has 2 unspecified atom stereocenters. The number of nitrogens with one attached hydrogen (secondary N) is 1. The highest BCUT2D eigenvalue weighted by atomic mass is 16.4. The lowest BCUT2D eigenvalue weighted by Gasteiger charge is -2.09. The fourth-order valence-corrected chi connectivity index (χ4v) is 1.52. The summed E-state index contributed by atoms with van der Waals surface area (Å²) in [4.78, 5) is 20.3. The number of hydrogen-bond acceptors (Lipinski definition) is 7. The predicted molar refractivity (Wildman–Crippen MR) is 70.0 cm³/mol. The van der Waals surface area contributed by atoms with Crippen LogP contribution in [0.1, 0.15) is 19.3 Å². The molecule has 118 valence electrons. The van der Waals surface area contributed by atoms with E-state index in [0.717, 1.165) is 0 Å². The van der Waals surface area contributed by atoms with Gasteiger partial charge in [-0.3, -0.25) is 9.59 Å². The molecule has 1 fully saturated rings. The van der Waals surface area contributed by atoms with Gasteiger partial charge < -0.3 is 37.2 Å². The maximum Gasteiger partial charge on any atom is 0.320 e. The van der Waals surface area contributed by atoms with Gasteiger partial charge in [-0.25, -0.2) is 0 Å². The van der Waals surface area contributed by atoms with Crippen LogP contribution < -0.4 is 16.8 Å². The Morgan fingerprint density at radius 2 is 1.90 bits per heavy atom. The van der Waals surface area contributed by atoms with Crippen molar-refractivity contribution in [3.05, 3.63) is 0 Å². The van der Waals surface area contributed by atoms with Crippen molar-refractivity contribution < 1.29 is 30.0 Å². The topological polar surface area (TPSA) is 179 Å². The number of aliphatic hydroxyl groups excluding tert-OH is 2. The van der Waals surface area contributed by atoms with Crippen molar-refractivity contribution in [2.75, 3.05) is 13.1 Å². The van der Waals surface area contributed by atoms with Gasteiger partial charge in [0.1, 0.15) is 12.1 Å². The maximum absolute atomic E-state index is 10.2. The van der Waals surface area contributed by atoms with Crippen molar-refractivity contribution in [2.24, 2.45) is 11.5 Å². The molecule has 0 spiro atoms. The summed E-state index contributed by atoms with van der Waals surface area (Å²) in [5.74, 6) is -1.93. The van der Waals surface area contributed by atoms with E-state index in [1.54, 1.807) is 0 Å². The number of hydrogen-bond donors (Lipinski definition) is 7. The van der Waals surface area contributed by atoms with Crippen molar-refractivity contribution >= 4 is 11.9 Å². The number of carbonyl (C=O) groups is 2. The van der Waals surface area contributed by atoms with E-state index in [1.165, 1.54) is 0 Å². The van der Waals surface area contributed by atoms with Gasteiger partial charge in [-0.05, 0) is 12.8 Å². The first-order chi connectivity index (χ1) is 9.27. The van der Waals surface area contributed by atoms with Crippen LogP contribution in [0.5, 0.6) is 0 Å². The standard InChI is InChI=1S/C6H14N2O3.C5H9NO3/c7-3-4(9)1-2-5(8)6(10)11;7-3-1-4(5(8)9)6-2-3/h4-5,9H,1-3,7-8H2,(H,10,11);3-4,6-7H,1-2H2,(H,8,9)/t4?,5-;3?,4-/m00/s1. The summed E-state index contributed by atoms with van der Waals surface area (Å²) in [5.41, 5.74) is 10.3. The Morgan fingerprint density at radius 3 is 2.20 bits per heavy atom. The van der Waals surface area contributed by atoms with Gasteiger partial charge in [0.05, 0.1) is 12.2 Å². The third kappa shape index (κ3) is 8.02. The summed E-state index contributed by atoms with van der Waals surface area (Å²) in [5, 5.41) is 37.1. The SMILES string of the molecule is NCC(O)CC[C@H](N)C(=O)O.O=C(O)[C@@H]1CC(O)CN1. The van der Waals surface area contributed by atoms with Crippen LogP contribution in [0.2, 0.25) is 0 Å². The fraction of sp³-hybridized carbons (Fsp3) is 0.818. The number of nitrogens with two attached hydrogens (primary N) is 2. The van der Waals surface area contributed by atoms with Gasteiger partial charge in [0.2, 0.25) is 0 Å². The highest BCUT2D eigenvalue weighted by Crippen LogP contribution is 2.05. The van der Waals surface area contributed by atoms with Crippen molar-refractivity contribution in [1.29, 1.82) is 0 Å². The molecular weight excluding hydrogens is 270 g/mol. The van der Waals surface area contributed by atoms with Gasteiger partial charge in [-0.15, -0.1) is 0 Å². The zero-order valence-electron chi connectivity index (χ0n) is 11.1. The number of aliphatic carboxylic acids is 2. The van der Waals surface area contributed by atoms with Crippen LogP contribution in [-0.4, -0.2) is 69.7 Å². The van der Waals surface area contributed by atoms with E-state index < -0.39 is 36.2 Å². The summed E-state index contributed by atoms with van der Waals surface area (Å²) in [6.07, 6.45) is -0.195. The molecule has 0 saturated carbocycles. The molecule has 0 bridgehead atoms. The Hall–Kier alpha value is -1.26. The second kappa shape index (κ2) is 9.61. The Bertz CT molecular complexity index is 315. The zero-order chi connectivity index (χ0) is 15.7. The van der Waals surface area contributed by atoms with Gasteiger partial charge in [0.15, 0.2) is 0 Å². The van der Waals surface area contributed by atoms with E-state index in [0.29, 0.717) is 19.4 Å². The van der Waals surface area contributed by atoms with Crippen LogP contribution in [0.15, 0.2) is 0 Å². The molecule has 1 aliphatic heterocycles. The summed E-state index contributed by atoms with van der Waals surface area (Å²) in [7, 11) is 0. The van der Waals surface area contributed by atoms with Gasteiger partial charge in [0, 0.05) is 19.5 Å². The van der Waals surface area contributed by atoms with Crippen LogP contribution in [0.4, 0.5) is 0 Å². The largest absolute Gasteiger partial charge is 0.480 e. The fourth-order valence-electron chi connectivity index (χ4n) is 1.52. The number of carboxylic acid groups (broad SMARTS) is 2. The Kier molecular flexibility index (Phi) is 9.01. The van der Waals surface area contributed by atoms with E-state index >= 15 is 0 Å². The molecule has 0 aromatic carbocycles. The number of aliphatic hydroxyl groups is 2. The Balaban J connectivity index is 0.000000367. The van der Waals surface area contributed by atoms with Crippen LogP contribution >= 0.6 is 0 Å².